The van der Waals surface area contributed by atoms with Gasteiger partial charge in [-0.15, -0.1) is 0 Å². The van der Waals surface area contributed by atoms with Crippen molar-refractivity contribution in [2.45, 2.75) is 97.8 Å². The molecule has 7 aromatic carbocycles. The molecule has 0 spiro atoms. The van der Waals surface area contributed by atoms with E-state index in [2.05, 4.69) is 230 Å². The monoisotopic (exact) mass is 817 g/mol. The fraction of sp³-hybridized carbons (Fsp3) is 0.254. The number of nitrogens with zero attached hydrogens (tertiary/aromatic N) is 3. The van der Waals surface area contributed by atoms with E-state index >= 15 is 0 Å². The molecule has 3 aliphatic rings. The van der Waals surface area contributed by atoms with Crippen molar-refractivity contribution in [3.8, 4) is 16.8 Å². The molecule has 0 saturated carbocycles. The first-order valence-corrected chi connectivity index (χ1v) is 23.0. The number of para-hydroxylation sites is 2. The number of hydrogen-bond donors (Lipinski definition) is 0. The van der Waals surface area contributed by atoms with Gasteiger partial charge in [0.15, 0.2) is 0 Å². The molecule has 0 unspecified atom stereocenters. The minimum atomic E-state index is -0.257. The Balaban J connectivity index is 1.31. The van der Waals surface area contributed by atoms with Gasteiger partial charge in [0, 0.05) is 71.9 Å². The van der Waals surface area contributed by atoms with E-state index in [0.717, 1.165) is 0 Å². The maximum Gasteiger partial charge on any atom is 0.329 e. The van der Waals surface area contributed by atoms with Crippen LogP contribution in [0, 0.1) is 0 Å². The Morgan fingerprint density at radius 1 is 0.476 bits per heavy atom. The molecule has 0 saturated heterocycles. The van der Waals surface area contributed by atoms with Gasteiger partial charge in [-0.2, -0.15) is 0 Å². The first-order chi connectivity index (χ1) is 29.9. The molecule has 4 heterocycles. The van der Waals surface area contributed by atoms with Gasteiger partial charge in [0.25, 0.3) is 0 Å². The minimum absolute atomic E-state index is 0.0356. The van der Waals surface area contributed by atoms with Gasteiger partial charge in [-0.25, -0.2) is 0 Å². The second-order valence-electron chi connectivity index (χ2n) is 22.3. The molecule has 0 fully saturated rings. The molecule has 0 bridgehead atoms. The number of fused-ring (bicyclic) bond motifs is 12. The lowest BCUT2D eigenvalue weighted by atomic mass is 9.40. The van der Waals surface area contributed by atoms with Crippen LogP contribution in [-0.4, -0.2) is 15.9 Å². The Bertz CT molecular complexity index is 3460. The maximum atomic E-state index is 2.80. The summed E-state index contributed by atoms with van der Waals surface area (Å²) in [5.74, 6) is 0. The molecular formula is C59H56BN3. The molecule has 63 heavy (non-hydrogen) atoms. The highest BCUT2D eigenvalue weighted by atomic mass is 15.2. The van der Waals surface area contributed by atoms with E-state index in [1.807, 2.05) is 0 Å². The van der Waals surface area contributed by atoms with E-state index in [1.165, 1.54) is 116 Å². The zero-order chi connectivity index (χ0) is 43.7. The van der Waals surface area contributed by atoms with Gasteiger partial charge in [-0.1, -0.05) is 161 Å². The summed E-state index contributed by atoms with van der Waals surface area (Å²) in [6.45, 7) is 26.1. The van der Waals surface area contributed by atoms with E-state index in [4.69, 9.17) is 0 Å². The second kappa shape index (κ2) is 12.5. The third kappa shape index (κ3) is 5.15. The van der Waals surface area contributed by atoms with Crippen molar-refractivity contribution in [2.75, 3.05) is 4.90 Å². The largest absolute Gasteiger partial charge is 0.375 e. The molecule has 4 heteroatoms. The molecule has 12 rings (SSSR count). The maximum absolute atomic E-state index is 2.80. The lowest BCUT2D eigenvalue weighted by molar-refractivity contribution is 0.589. The fourth-order valence-corrected chi connectivity index (χ4v) is 11.7. The van der Waals surface area contributed by atoms with Crippen molar-refractivity contribution in [1.82, 2.24) is 9.05 Å². The Labute approximate surface area is 372 Å². The first kappa shape index (κ1) is 38.4. The Kier molecular flexibility index (Phi) is 7.61. The normalized spacial score (nSPS) is 15.5. The van der Waals surface area contributed by atoms with Gasteiger partial charge < -0.3 is 13.9 Å². The van der Waals surface area contributed by atoms with Gasteiger partial charge >= 0.3 is 6.85 Å². The van der Waals surface area contributed by atoms with Crippen LogP contribution in [0.3, 0.4) is 0 Å². The topological polar surface area (TPSA) is 13.1 Å². The van der Waals surface area contributed by atoms with Crippen LogP contribution in [0.25, 0.3) is 66.1 Å². The molecule has 9 aromatic rings. The highest BCUT2D eigenvalue weighted by Crippen LogP contribution is 2.58. The van der Waals surface area contributed by atoms with Crippen LogP contribution in [0.5, 0.6) is 0 Å². The average Bonchev–Trinajstić information content (AvgIpc) is 3.85. The van der Waals surface area contributed by atoms with Crippen molar-refractivity contribution in [3.05, 3.63) is 173 Å². The summed E-state index contributed by atoms with van der Waals surface area (Å²) < 4.78 is 5.34. The molecule has 0 N–H and O–H groups in total. The molecular weight excluding hydrogens is 761 g/mol. The number of anilines is 2. The van der Waals surface area contributed by atoms with Gasteiger partial charge in [-0.3, -0.25) is 0 Å². The van der Waals surface area contributed by atoms with E-state index in [1.54, 1.807) is 0 Å². The van der Waals surface area contributed by atoms with Crippen LogP contribution in [-0.2, 0) is 21.7 Å². The number of hydrogen-bond acceptors (Lipinski definition) is 1. The summed E-state index contributed by atoms with van der Waals surface area (Å²) >= 11 is 0. The van der Waals surface area contributed by atoms with Gasteiger partial charge in [0.05, 0.1) is 11.0 Å². The quantitative estimate of drug-likeness (QED) is 0.158. The van der Waals surface area contributed by atoms with Crippen LogP contribution in [0.4, 0.5) is 11.4 Å². The standard InChI is InChI=1S/C59H56BN3/c1-56(2,3)35-25-27-39(28-26-35)62-49-34-37(58(7,8)9)31-43-44-32-36(57(4,5)6)33-45-50-48(30-29-41-40-21-16-18-24-47(40)61(53(41)50)38-19-13-12-14-20-38)63(52(44)45)60(51(43)49)55-54(62)42-22-15-17-23-46(42)59(55,10)11/h12-34H,1-11H3. The Hall–Kier alpha value is -6.26. The van der Waals surface area contributed by atoms with Crippen molar-refractivity contribution in [1.29, 1.82) is 0 Å². The van der Waals surface area contributed by atoms with E-state index in [0.29, 0.717) is 0 Å². The Morgan fingerprint density at radius 3 is 1.83 bits per heavy atom. The van der Waals surface area contributed by atoms with Crippen LogP contribution < -0.4 is 10.4 Å². The molecule has 0 amide bonds. The number of allylic oxidation sites excluding steroid dienone is 1. The van der Waals surface area contributed by atoms with Crippen LogP contribution in [0.2, 0.25) is 0 Å². The summed E-state index contributed by atoms with van der Waals surface area (Å²) in [6.07, 6.45) is 0. The summed E-state index contributed by atoms with van der Waals surface area (Å²) in [5, 5.41) is 5.24. The SMILES string of the molecule is CC(C)(C)c1ccc(N2C3=C(B4c5c(cc(C(C)(C)C)cc52)-c2cc(C(C)(C)C)cc5c6c(ccc7c8ccccc8n(-c8ccccc8)c76)n4c25)C(C)(C)c2ccccc23)cc1. The second-order valence-corrected chi connectivity index (χ2v) is 22.3. The van der Waals surface area contributed by atoms with E-state index in [-0.39, 0.29) is 28.5 Å². The smallest absolute Gasteiger partial charge is 0.329 e. The van der Waals surface area contributed by atoms with Gasteiger partial charge in [0.2, 0.25) is 0 Å². The van der Waals surface area contributed by atoms with E-state index < -0.39 is 0 Å². The minimum Gasteiger partial charge on any atom is -0.375 e. The van der Waals surface area contributed by atoms with Crippen LogP contribution >= 0.6 is 0 Å². The summed E-state index contributed by atoms with van der Waals surface area (Å²) in [4.78, 5) is 2.66. The molecule has 0 radical (unpaired) electrons. The van der Waals surface area contributed by atoms with Crippen LogP contribution in [0.1, 0.15) is 104 Å². The van der Waals surface area contributed by atoms with Gasteiger partial charge in [0.1, 0.15) is 0 Å². The highest BCUT2D eigenvalue weighted by Gasteiger charge is 2.53. The predicted molar refractivity (Wildman–Crippen MR) is 271 cm³/mol. The van der Waals surface area contributed by atoms with Crippen molar-refractivity contribution < 1.29 is 0 Å². The average molecular weight is 818 g/mol. The summed E-state index contributed by atoms with van der Waals surface area (Å²) in [6, 6.07) is 53.8. The van der Waals surface area contributed by atoms with Crippen molar-refractivity contribution in [2.24, 2.45) is 0 Å². The lowest BCUT2D eigenvalue weighted by Gasteiger charge is -2.44. The zero-order valence-electron chi connectivity index (χ0n) is 38.7. The molecule has 1 aliphatic carbocycles. The fourth-order valence-electron chi connectivity index (χ4n) is 11.7. The highest BCUT2D eigenvalue weighted by molar-refractivity contribution is 6.85. The third-order valence-corrected chi connectivity index (χ3v) is 14.9. The number of benzene rings is 7. The zero-order valence-corrected chi connectivity index (χ0v) is 38.7. The lowest BCUT2D eigenvalue weighted by Crippen LogP contribution is -2.52. The van der Waals surface area contributed by atoms with Crippen molar-refractivity contribution in [3.63, 3.8) is 0 Å². The number of aromatic nitrogens is 2. The molecule has 2 aliphatic heterocycles. The Morgan fingerprint density at radius 2 is 1.11 bits per heavy atom. The van der Waals surface area contributed by atoms with E-state index in [9.17, 15) is 0 Å². The molecule has 0 atom stereocenters. The summed E-state index contributed by atoms with van der Waals surface area (Å²) in [5.41, 5.74) is 22.1. The number of rotatable bonds is 2. The molecule has 3 nitrogen and oxygen atoms in total. The van der Waals surface area contributed by atoms with Gasteiger partial charge in [-0.05, 0) is 110 Å². The first-order valence-electron chi connectivity index (χ1n) is 23.0. The third-order valence-electron chi connectivity index (χ3n) is 14.9. The molecule has 2 aromatic heterocycles. The van der Waals surface area contributed by atoms with Crippen molar-refractivity contribution >= 4 is 73.0 Å². The van der Waals surface area contributed by atoms with Crippen LogP contribution in [0.15, 0.2) is 145 Å². The predicted octanol–water partition coefficient (Wildman–Crippen LogP) is 14.9. The molecule has 310 valence electrons. The summed E-state index contributed by atoms with van der Waals surface area (Å²) in [7, 11) is 0.